The van der Waals surface area contributed by atoms with E-state index in [1.807, 2.05) is 0 Å². The van der Waals surface area contributed by atoms with Gasteiger partial charge >= 0.3 is 0 Å². The van der Waals surface area contributed by atoms with Crippen LogP contribution in [-0.2, 0) is 5.41 Å². The van der Waals surface area contributed by atoms with Gasteiger partial charge in [0.15, 0.2) is 0 Å². The lowest BCUT2D eigenvalue weighted by Gasteiger charge is -2.37. The summed E-state index contributed by atoms with van der Waals surface area (Å²) >= 11 is 7.14. The van der Waals surface area contributed by atoms with E-state index in [1.165, 1.54) is 44.5 Å². The maximum atomic E-state index is 3.57. The lowest BCUT2D eigenvalue weighted by atomic mass is 9.65. The Hall–Kier alpha value is -5.48. The van der Waals surface area contributed by atoms with Crippen molar-refractivity contribution in [3.63, 3.8) is 0 Å². The molecule has 8 rings (SSSR count). The molecule has 0 heterocycles. The molecule has 0 spiro atoms. The van der Waals surface area contributed by atoms with Crippen LogP contribution in [0.15, 0.2) is 221 Å². The van der Waals surface area contributed by atoms with Crippen LogP contribution in [0.25, 0.3) is 22.3 Å². The molecule has 0 N–H and O–H groups in total. The first-order valence-corrected chi connectivity index (χ1v) is 19.0. The fourth-order valence-electron chi connectivity index (χ4n) is 7.26. The van der Waals surface area contributed by atoms with E-state index in [4.69, 9.17) is 0 Å². The van der Waals surface area contributed by atoms with Gasteiger partial charge in [-0.2, -0.15) is 0 Å². The van der Waals surface area contributed by atoms with Gasteiger partial charge in [0.25, 0.3) is 0 Å². The molecule has 0 aromatic heterocycles. The van der Waals surface area contributed by atoms with Gasteiger partial charge < -0.3 is 4.90 Å². The van der Waals surface area contributed by atoms with E-state index in [9.17, 15) is 0 Å². The summed E-state index contributed by atoms with van der Waals surface area (Å²) in [5.41, 5.74) is 12.4. The topological polar surface area (TPSA) is 3.24 Å². The SMILES string of the molecule is Brc1ccc(-c2ccc(N(c3ccc(-c4ccc(Br)cc4)cc3)c3ccc(C(c4ccccc4)(c4ccccc4)c4ccccc4)cc3)cc2)cc1. The van der Waals surface area contributed by atoms with Crippen molar-refractivity contribution in [1.29, 1.82) is 0 Å². The third-order valence-corrected chi connectivity index (χ3v) is 10.8. The zero-order valence-corrected chi connectivity index (χ0v) is 31.6. The van der Waals surface area contributed by atoms with Gasteiger partial charge in [-0.3, -0.25) is 0 Å². The second-order valence-electron chi connectivity index (χ2n) is 12.8. The van der Waals surface area contributed by atoms with Crippen LogP contribution in [0.5, 0.6) is 0 Å². The maximum absolute atomic E-state index is 3.57. The quantitative estimate of drug-likeness (QED) is 0.132. The molecule has 8 aromatic rings. The molecule has 0 saturated heterocycles. The van der Waals surface area contributed by atoms with Crippen molar-refractivity contribution in [2.75, 3.05) is 4.90 Å². The van der Waals surface area contributed by atoms with Crippen LogP contribution in [0.3, 0.4) is 0 Å². The Morgan fingerprint density at radius 1 is 0.269 bits per heavy atom. The highest BCUT2D eigenvalue weighted by Crippen LogP contribution is 2.46. The molecule has 0 saturated carbocycles. The Labute approximate surface area is 323 Å². The standard InChI is InChI=1S/C49H35Br2N/c50-44-26-16-36(17-27-44)38-20-30-46(31-21-38)52(47-32-22-39(23-33-47)37-18-28-45(51)29-19-37)48-34-24-43(25-35-48)49(40-10-4-1-5-11-40,41-12-6-2-7-13-41)42-14-8-3-9-15-42/h1-35H. The van der Waals surface area contributed by atoms with E-state index in [0.717, 1.165) is 26.0 Å². The largest absolute Gasteiger partial charge is 0.311 e. The Balaban J connectivity index is 1.25. The summed E-state index contributed by atoms with van der Waals surface area (Å²) in [6.45, 7) is 0. The second-order valence-corrected chi connectivity index (χ2v) is 14.7. The molecule has 0 bridgehead atoms. The van der Waals surface area contributed by atoms with Crippen molar-refractivity contribution in [2.45, 2.75) is 5.41 Å². The number of hydrogen-bond donors (Lipinski definition) is 0. The molecule has 0 aliphatic carbocycles. The third-order valence-electron chi connectivity index (χ3n) is 9.79. The van der Waals surface area contributed by atoms with Crippen LogP contribution < -0.4 is 4.90 Å². The number of anilines is 3. The van der Waals surface area contributed by atoms with Crippen molar-refractivity contribution >= 4 is 48.9 Å². The third kappa shape index (κ3) is 6.66. The first kappa shape index (κ1) is 33.7. The monoisotopic (exact) mass is 795 g/mol. The van der Waals surface area contributed by atoms with Crippen LogP contribution in [-0.4, -0.2) is 0 Å². The first-order valence-electron chi connectivity index (χ1n) is 17.4. The smallest absolute Gasteiger partial charge is 0.0701 e. The fourth-order valence-corrected chi connectivity index (χ4v) is 7.79. The minimum atomic E-state index is -0.508. The molecule has 8 aromatic carbocycles. The van der Waals surface area contributed by atoms with Crippen LogP contribution in [0.2, 0.25) is 0 Å². The zero-order chi connectivity index (χ0) is 35.3. The maximum Gasteiger partial charge on any atom is 0.0701 e. The van der Waals surface area contributed by atoms with Crippen LogP contribution in [0.1, 0.15) is 22.3 Å². The van der Waals surface area contributed by atoms with E-state index < -0.39 is 5.41 Å². The lowest BCUT2D eigenvalue weighted by molar-refractivity contribution is 0.745. The molecule has 1 nitrogen and oxygen atoms in total. The van der Waals surface area contributed by atoms with Gasteiger partial charge in [-0.05, 0) is 105 Å². The van der Waals surface area contributed by atoms with Gasteiger partial charge in [-0.15, -0.1) is 0 Å². The van der Waals surface area contributed by atoms with Crippen LogP contribution in [0, 0.1) is 0 Å². The Morgan fingerprint density at radius 3 is 0.827 bits per heavy atom. The highest BCUT2D eigenvalue weighted by atomic mass is 79.9. The van der Waals surface area contributed by atoms with Crippen LogP contribution in [0.4, 0.5) is 17.1 Å². The lowest BCUT2D eigenvalue weighted by Crippen LogP contribution is -2.31. The van der Waals surface area contributed by atoms with E-state index in [0.29, 0.717) is 0 Å². The molecular formula is C49H35Br2N. The zero-order valence-electron chi connectivity index (χ0n) is 28.4. The average Bonchev–Trinajstić information content (AvgIpc) is 3.21. The Bertz CT molecular complexity index is 2170. The molecular weight excluding hydrogens is 762 g/mol. The van der Waals surface area contributed by atoms with Gasteiger partial charge in [0.1, 0.15) is 0 Å². The predicted octanol–water partition coefficient (Wildman–Crippen LogP) is 14.4. The summed E-state index contributed by atoms with van der Waals surface area (Å²) in [6.07, 6.45) is 0. The Kier molecular flexibility index (Phi) is 9.72. The molecule has 3 heteroatoms. The molecule has 250 valence electrons. The normalized spacial score (nSPS) is 11.3. The number of benzene rings is 8. The number of nitrogens with zero attached hydrogens (tertiary/aromatic N) is 1. The molecule has 0 radical (unpaired) electrons. The van der Waals surface area contributed by atoms with Crippen LogP contribution >= 0.6 is 31.9 Å². The van der Waals surface area contributed by atoms with Crippen molar-refractivity contribution in [3.8, 4) is 22.3 Å². The summed E-state index contributed by atoms with van der Waals surface area (Å²) < 4.78 is 2.15. The Morgan fingerprint density at radius 2 is 0.519 bits per heavy atom. The summed E-state index contributed by atoms with van der Waals surface area (Å²) in [4.78, 5) is 2.34. The fraction of sp³-hybridized carbons (Fsp3) is 0.0204. The molecule has 0 aliphatic heterocycles. The highest BCUT2D eigenvalue weighted by Gasteiger charge is 2.38. The van der Waals surface area contributed by atoms with E-state index in [-0.39, 0.29) is 0 Å². The van der Waals surface area contributed by atoms with Gasteiger partial charge in [0.05, 0.1) is 5.41 Å². The number of hydrogen-bond acceptors (Lipinski definition) is 1. The predicted molar refractivity (Wildman–Crippen MR) is 226 cm³/mol. The summed E-state index contributed by atoms with van der Waals surface area (Å²) in [7, 11) is 0. The molecule has 0 atom stereocenters. The summed E-state index contributed by atoms with van der Waals surface area (Å²) in [5, 5.41) is 0. The molecule has 52 heavy (non-hydrogen) atoms. The summed E-state index contributed by atoms with van der Waals surface area (Å²) in [6, 6.07) is 76.4. The average molecular weight is 798 g/mol. The highest BCUT2D eigenvalue weighted by molar-refractivity contribution is 9.10. The van der Waals surface area contributed by atoms with Crippen molar-refractivity contribution in [2.24, 2.45) is 0 Å². The molecule has 0 unspecified atom stereocenters. The number of halogens is 2. The van der Waals surface area contributed by atoms with Gasteiger partial charge in [0, 0.05) is 26.0 Å². The van der Waals surface area contributed by atoms with Gasteiger partial charge in [-0.25, -0.2) is 0 Å². The van der Waals surface area contributed by atoms with Gasteiger partial charge in [0.2, 0.25) is 0 Å². The molecule has 0 fully saturated rings. The summed E-state index contributed by atoms with van der Waals surface area (Å²) in [5.74, 6) is 0. The minimum Gasteiger partial charge on any atom is -0.311 e. The van der Waals surface area contributed by atoms with Gasteiger partial charge in [-0.1, -0.05) is 184 Å². The molecule has 0 amide bonds. The van der Waals surface area contributed by atoms with E-state index >= 15 is 0 Å². The van der Waals surface area contributed by atoms with Crippen molar-refractivity contribution < 1.29 is 0 Å². The first-order chi connectivity index (χ1) is 25.6. The minimum absolute atomic E-state index is 0.508. The second kappa shape index (κ2) is 15.0. The number of rotatable bonds is 9. The van der Waals surface area contributed by atoms with Crippen molar-refractivity contribution in [3.05, 3.63) is 244 Å². The van der Waals surface area contributed by atoms with E-state index in [2.05, 4.69) is 249 Å². The van der Waals surface area contributed by atoms with Crippen molar-refractivity contribution in [1.82, 2.24) is 0 Å². The molecule has 0 aliphatic rings. The van der Waals surface area contributed by atoms with E-state index in [1.54, 1.807) is 0 Å².